The second-order valence-corrected chi connectivity index (χ2v) is 6.51. The van der Waals surface area contributed by atoms with Crippen LogP contribution in [0.3, 0.4) is 0 Å². The van der Waals surface area contributed by atoms with Crippen molar-refractivity contribution >= 4 is 17.5 Å². The van der Waals surface area contributed by atoms with Crippen molar-refractivity contribution in [3.63, 3.8) is 0 Å². The van der Waals surface area contributed by atoms with Gasteiger partial charge in [-0.15, -0.1) is 0 Å². The largest absolute Gasteiger partial charge is 0.490 e. The summed E-state index contributed by atoms with van der Waals surface area (Å²) < 4.78 is 18.2. The minimum atomic E-state index is -0.300. The normalized spacial score (nSPS) is 12.5. The van der Waals surface area contributed by atoms with E-state index in [9.17, 15) is 9.18 Å². The van der Waals surface area contributed by atoms with Crippen LogP contribution in [0.2, 0.25) is 0 Å². The lowest BCUT2D eigenvalue weighted by molar-refractivity contribution is -0.124. The van der Waals surface area contributed by atoms with Gasteiger partial charge in [-0.1, -0.05) is 75.6 Å². The molecule has 150 valence electrons. The van der Waals surface area contributed by atoms with Crippen LogP contribution in [0.15, 0.2) is 59.9 Å². The highest BCUT2D eigenvalue weighted by molar-refractivity contribution is 6.31. The number of hydrogen-bond donors (Lipinski definition) is 1. The van der Waals surface area contributed by atoms with E-state index in [0.29, 0.717) is 5.03 Å². The molecule has 0 radical (unpaired) electrons. The molecular formula is C22H31ClFNO2. The molecule has 0 saturated heterocycles. The van der Waals surface area contributed by atoms with Crippen molar-refractivity contribution in [2.75, 3.05) is 6.61 Å². The zero-order valence-corrected chi connectivity index (χ0v) is 17.5. The Labute approximate surface area is 168 Å². The fourth-order valence-electron chi connectivity index (χ4n) is 2.05. The molecule has 0 aliphatic rings. The molecular weight excluding hydrogens is 365 g/mol. The van der Waals surface area contributed by atoms with Gasteiger partial charge >= 0.3 is 0 Å². The van der Waals surface area contributed by atoms with Crippen molar-refractivity contribution < 1.29 is 13.9 Å². The summed E-state index contributed by atoms with van der Waals surface area (Å²) >= 11 is 5.95. The lowest BCUT2D eigenvalue weighted by Gasteiger charge is -2.18. The molecule has 0 fully saturated rings. The summed E-state index contributed by atoms with van der Waals surface area (Å²) in [6, 6.07) is 5.95. The van der Waals surface area contributed by atoms with E-state index in [1.54, 1.807) is 24.3 Å². The Hall–Kier alpha value is -2.07. The van der Waals surface area contributed by atoms with Gasteiger partial charge in [0, 0.05) is 0 Å². The van der Waals surface area contributed by atoms with Gasteiger partial charge in [0.2, 0.25) is 0 Å². The predicted molar refractivity (Wildman–Crippen MR) is 112 cm³/mol. The Morgan fingerprint density at radius 3 is 2.41 bits per heavy atom. The van der Waals surface area contributed by atoms with Gasteiger partial charge in [0.1, 0.15) is 12.1 Å². The first-order valence-electron chi connectivity index (χ1n) is 9.20. The van der Waals surface area contributed by atoms with Crippen molar-refractivity contribution in [3.8, 4) is 0 Å². The van der Waals surface area contributed by atoms with Gasteiger partial charge in [0.05, 0.1) is 11.1 Å². The Morgan fingerprint density at radius 1 is 1.30 bits per heavy atom. The maximum atomic E-state index is 13.0. The number of nitrogens with one attached hydrogen (secondary N) is 1. The molecule has 0 aromatic heterocycles. The topological polar surface area (TPSA) is 38.3 Å². The summed E-state index contributed by atoms with van der Waals surface area (Å²) in [6.07, 6.45) is 7.57. The maximum absolute atomic E-state index is 13.0. The maximum Gasteiger partial charge on any atom is 0.258 e. The summed E-state index contributed by atoms with van der Waals surface area (Å²) in [4.78, 5) is 12.0. The van der Waals surface area contributed by atoms with E-state index in [2.05, 4.69) is 25.7 Å². The third-order valence-corrected chi connectivity index (χ3v) is 3.48. The molecule has 0 heterocycles. The Bertz CT molecular complexity index is 624. The van der Waals surface area contributed by atoms with Crippen molar-refractivity contribution in [2.45, 2.75) is 53.0 Å². The molecule has 0 saturated carbocycles. The number of ether oxygens (including phenoxy) is 1. The lowest BCUT2D eigenvalue weighted by Crippen LogP contribution is -2.31. The van der Waals surface area contributed by atoms with Crippen LogP contribution in [0.25, 0.3) is 0 Å². The van der Waals surface area contributed by atoms with Crippen LogP contribution < -0.4 is 5.32 Å². The number of carbonyl (C=O) groups is 1. The summed E-state index contributed by atoms with van der Waals surface area (Å²) in [5.41, 5.74) is 1.76. The van der Waals surface area contributed by atoms with E-state index in [-0.39, 0.29) is 24.4 Å². The van der Waals surface area contributed by atoms with E-state index in [1.807, 2.05) is 13.8 Å². The fraction of sp³-hybridized carbons (Fsp3) is 0.409. The van der Waals surface area contributed by atoms with Gasteiger partial charge in [-0.3, -0.25) is 4.79 Å². The number of hydrogen-bond acceptors (Lipinski definition) is 2. The highest BCUT2D eigenvalue weighted by Crippen LogP contribution is 2.18. The van der Waals surface area contributed by atoms with Crippen molar-refractivity contribution in [2.24, 2.45) is 0 Å². The number of halogens is 2. The molecule has 1 atom stereocenters. The monoisotopic (exact) mass is 395 g/mol. The molecule has 1 unspecified atom stereocenters. The SMILES string of the molecule is C=C/C(C)=C\C(Cl)=C\OCC(=O)NC(CCC)c1ccc(F)cc1.CCC. The number of carbonyl (C=O) groups excluding carboxylic acids is 1. The van der Waals surface area contributed by atoms with Crippen molar-refractivity contribution in [1.82, 2.24) is 5.32 Å². The van der Waals surface area contributed by atoms with Crippen molar-refractivity contribution in [3.05, 3.63) is 71.2 Å². The minimum absolute atomic E-state index is 0.140. The molecule has 1 aromatic carbocycles. The van der Waals surface area contributed by atoms with Crippen LogP contribution in [-0.4, -0.2) is 12.5 Å². The highest BCUT2D eigenvalue weighted by Gasteiger charge is 2.14. The smallest absolute Gasteiger partial charge is 0.258 e. The molecule has 0 aliphatic carbocycles. The fourth-order valence-corrected chi connectivity index (χ4v) is 2.28. The number of amides is 1. The summed E-state index contributed by atoms with van der Waals surface area (Å²) in [5, 5.41) is 3.27. The summed E-state index contributed by atoms with van der Waals surface area (Å²) in [6.45, 7) is 11.6. The van der Waals surface area contributed by atoms with Crippen LogP contribution in [0, 0.1) is 5.82 Å². The summed E-state index contributed by atoms with van der Waals surface area (Å²) in [7, 11) is 0. The number of benzene rings is 1. The van der Waals surface area contributed by atoms with Crippen LogP contribution >= 0.6 is 11.6 Å². The van der Waals surface area contributed by atoms with Crippen molar-refractivity contribution in [1.29, 1.82) is 0 Å². The lowest BCUT2D eigenvalue weighted by atomic mass is 10.0. The molecule has 27 heavy (non-hydrogen) atoms. The van der Waals surface area contributed by atoms with Gasteiger partial charge in [0.25, 0.3) is 5.91 Å². The van der Waals surface area contributed by atoms with Gasteiger partial charge in [-0.05, 0) is 37.1 Å². The molecule has 3 nitrogen and oxygen atoms in total. The molecule has 0 aliphatic heterocycles. The molecule has 1 aromatic rings. The minimum Gasteiger partial charge on any atom is -0.490 e. The first kappa shape index (κ1) is 24.9. The average Bonchev–Trinajstić information content (AvgIpc) is 2.62. The Balaban J connectivity index is 0.00000210. The highest BCUT2D eigenvalue weighted by atomic mass is 35.5. The zero-order chi connectivity index (χ0) is 20.7. The molecule has 1 rings (SSSR count). The molecule has 5 heteroatoms. The van der Waals surface area contributed by atoms with Gasteiger partial charge in [0.15, 0.2) is 6.61 Å². The quantitative estimate of drug-likeness (QED) is 0.386. The second-order valence-electron chi connectivity index (χ2n) is 6.07. The molecule has 0 bridgehead atoms. The summed E-state index contributed by atoms with van der Waals surface area (Å²) in [5.74, 6) is -0.561. The Kier molecular flexibility index (Phi) is 13.9. The molecule has 0 spiro atoms. The predicted octanol–water partition coefficient (Wildman–Crippen LogP) is 6.43. The van der Waals surface area contributed by atoms with Crippen LogP contribution in [0.1, 0.15) is 58.6 Å². The van der Waals surface area contributed by atoms with E-state index in [4.69, 9.17) is 16.3 Å². The van der Waals surface area contributed by atoms with E-state index >= 15 is 0 Å². The van der Waals surface area contributed by atoms with E-state index < -0.39 is 0 Å². The van der Waals surface area contributed by atoms with Gasteiger partial charge in [-0.2, -0.15) is 0 Å². The van der Waals surface area contributed by atoms with Gasteiger partial charge < -0.3 is 10.1 Å². The molecule has 1 N–H and O–H groups in total. The third kappa shape index (κ3) is 12.0. The number of rotatable bonds is 9. The van der Waals surface area contributed by atoms with E-state index in [0.717, 1.165) is 24.0 Å². The zero-order valence-electron chi connectivity index (χ0n) is 16.7. The average molecular weight is 396 g/mol. The standard InChI is InChI=1S/C19H23ClFNO2.C3H8/c1-4-6-18(15-7-9-17(21)10-8-15)22-19(23)13-24-12-16(20)11-14(3)5-2;1-3-2/h5,7-12,18H,2,4,6,13H2,1,3H3,(H,22,23);3H2,1-2H3/b14-11-,16-12-;. The first-order chi connectivity index (χ1) is 12.9. The van der Waals surface area contributed by atoms with E-state index in [1.165, 1.54) is 24.8 Å². The first-order valence-corrected chi connectivity index (χ1v) is 9.58. The Morgan fingerprint density at radius 2 is 1.89 bits per heavy atom. The third-order valence-electron chi connectivity index (χ3n) is 3.28. The molecule has 1 amide bonds. The van der Waals surface area contributed by atoms with Crippen LogP contribution in [-0.2, 0) is 9.53 Å². The number of allylic oxidation sites excluding steroid dienone is 4. The van der Waals surface area contributed by atoms with Crippen LogP contribution in [0.5, 0.6) is 0 Å². The van der Waals surface area contributed by atoms with Gasteiger partial charge in [-0.25, -0.2) is 4.39 Å². The van der Waals surface area contributed by atoms with Crippen LogP contribution in [0.4, 0.5) is 4.39 Å². The second kappa shape index (κ2) is 15.0.